The molecule has 3 N–H and O–H groups in total. The molecule has 0 fully saturated rings. The number of rotatable bonds is 6. The number of carbonyl (C=O) groups excluding carboxylic acids is 3. The van der Waals surface area contributed by atoms with E-state index < -0.39 is 17.7 Å². The van der Waals surface area contributed by atoms with Gasteiger partial charge in [-0.2, -0.15) is 5.10 Å². The molecule has 0 atom stereocenters. The van der Waals surface area contributed by atoms with Crippen molar-refractivity contribution in [3.05, 3.63) is 88.9 Å². The maximum Gasteiger partial charge on any atom is 0.329 e. The number of benzene rings is 3. The van der Waals surface area contributed by atoms with Gasteiger partial charge in [0.2, 0.25) is 0 Å². The molecule has 0 unspecified atom stereocenters. The van der Waals surface area contributed by atoms with E-state index in [-0.39, 0.29) is 11.3 Å². The average molecular weight is 451 g/mol. The molecule has 8 nitrogen and oxygen atoms in total. The summed E-state index contributed by atoms with van der Waals surface area (Å²) in [6, 6.07) is 19.9. The Balaban J connectivity index is 1.64. The van der Waals surface area contributed by atoms with E-state index >= 15 is 0 Å². The van der Waals surface area contributed by atoms with E-state index in [0.717, 1.165) is 0 Å². The van der Waals surface area contributed by atoms with Crippen molar-refractivity contribution in [3.63, 3.8) is 0 Å². The van der Waals surface area contributed by atoms with E-state index in [2.05, 4.69) is 21.2 Å². The van der Waals surface area contributed by atoms with Gasteiger partial charge in [-0.1, -0.05) is 35.9 Å². The molecule has 162 valence electrons. The van der Waals surface area contributed by atoms with Crippen LogP contribution in [0.5, 0.6) is 5.75 Å². The van der Waals surface area contributed by atoms with Crippen molar-refractivity contribution in [3.8, 4) is 5.75 Å². The zero-order valence-corrected chi connectivity index (χ0v) is 17.7. The van der Waals surface area contributed by atoms with Gasteiger partial charge in [-0.15, -0.1) is 0 Å². The Kier molecular flexibility index (Phi) is 7.55. The van der Waals surface area contributed by atoms with Crippen LogP contribution in [0.1, 0.15) is 15.9 Å². The Morgan fingerprint density at radius 2 is 1.56 bits per heavy atom. The number of anilines is 2. The van der Waals surface area contributed by atoms with Crippen molar-refractivity contribution >= 4 is 46.9 Å². The number of hydrazone groups is 1. The molecule has 0 radical (unpaired) electrons. The second-order valence-electron chi connectivity index (χ2n) is 6.40. The van der Waals surface area contributed by atoms with Crippen LogP contribution in [0.25, 0.3) is 0 Å². The first-order valence-electron chi connectivity index (χ1n) is 9.41. The highest BCUT2D eigenvalue weighted by Crippen LogP contribution is 2.19. The minimum atomic E-state index is -0.996. The number of para-hydroxylation sites is 2. The van der Waals surface area contributed by atoms with E-state index in [1.54, 1.807) is 60.7 Å². The van der Waals surface area contributed by atoms with E-state index in [0.29, 0.717) is 22.0 Å². The van der Waals surface area contributed by atoms with Gasteiger partial charge in [0, 0.05) is 16.3 Å². The molecule has 0 saturated carbocycles. The van der Waals surface area contributed by atoms with Crippen molar-refractivity contribution in [2.75, 3.05) is 17.7 Å². The van der Waals surface area contributed by atoms with Crippen molar-refractivity contribution in [2.45, 2.75) is 0 Å². The first-order valence-corrected chi connectivity index (χ1v) is 9.79. The quantitative estimate of drug-likeness (QED) is 0.302. The molecule has 9 heteroatoms. The Bertz CT molecular complexity index is 1160. The van der Waals surface area contributed by atoms with Gasteiger partial charge >= 0.3 is 11.8 Å². The zero-order valence-electron chi connectivity index (χ0n) is 17.0. The van der Waals surface area contributed by atoms with E-state index in [1.807, 2.05) is 0 Å². The second-order valence-corrected chi connectivity index (χ2v) is 6.84. The number of carbonyl (C=O) groups is 3. The van der Waals surface area contributed by atoms with Crippen LogP contribution in [-0.4, -0.2) is 31.0 Å². The van der Waals surface area contributed by atoms with Crippen LogP contribution in [0.2, 0.25) is 5.02 Å². The fourth-order valence-electron chi connectivity index (χ4n) is 2.69. The lowest BCUT2D eigenvalue weighted by atomic mass is 10.1. The predicted octanol–water partition coefficient (Wildman–Crippen LogP) is 3.69. The minimum Gasteiger partial charge on any atom is -0.496 e. The van der Waals surface area contributed by atoms with E-state index in [9.17, 15) is 14.4 Å². The smallest absolute Gasteiger partial charge is 0.329 e. The molecule has 0 saturated heterocycles. The normalized spacial score (nSPS) is 10.4. The molecule has 32 heavy (non-hydrogen) atoms. The van der Waals surface area contributed by atoms with Gasteiger partial charge < -0.3 is 15.4 Å². The molecule has 3 rings (SSSR count). The molecule has 0 aliphatic rings. The van der Waals surface area contributed by atoms with Crippen molar-refractivity contribution < 1.29 is 19.1 Å². The van der Waals surface area contributed by atoms with Crippen LogP contribution < -0.4 is 20.8 Å². The number of nitrogens with zero attached hydrogens (tertiary/aromatic N) is 1. The fourth-order valence-corrected chi connectivity index (χ4v) is 2.81. The molecule has 3 amide bonds. The number of hydrogen-bond donors (Lipinski definition) is 3. The molecular weight excluding hydrogens is 432 g/mol. The number of halogens is 1. The Hall–Kier alpha value is -4.17. The third-order valence-corrected chi connectivity index (χ3v) is 4.49. The molecule has 3 aromatic carbocycles. The summed E-state index contributed by atoms with van der Waals surface area (Å²) in [5.74, 6) is -1.87. The molecule has 0 aliphatic heterocycles. The van der Waals surface area contributed by atoms with Gasteiger partial charge in [-0.25, -0.2) is 5.43 Å². The first-order chi connectivity index (χ1) is 15.5. The molecular formula is C23H19ClN4O4. The predicted molar refractivity (Wildman–Crippen MR) is 123 cm³/mol. The zero-order chi connectivity index (χ0) is 22.9. The third kappa shape index (κ3) is 5.93. The van der Waals surface area contributed by atoms with Gasteiger partial charge in [-0.3, -0.25) is 14.4 Å². The average Bonchev–Trinajstić information content (AvgIpc) is 2.81. The van der Waals surface area contributed by atoms with Crippen LogP contribution in [0.4, 0.5) is 11.4 Å². The minimum absolute atomic E-state index is 0.174. The second kappa shape index (κ2) is 10.7. The largest absolute Gasteiger partial charge is 0.496 e. The maximum absolute atomic E-state index is 12.6. The summed E-state index contributed by atoms with van der Waals surface area (Å²) in [4.78, 5) is 37.0. The number of amides is 3. The summed E-state index contributed by atoms with van der Waals surface area (Å²) in [6.45, 7) is 0. The molecule has 0 spiro atoms. The summed E-state index contributed by atoms with van der Waals surface area (Å²) in [5, 5.41) is 9.45. The summed E-state index contributed by atoms with van der Waals surface area (Å²) in [6.07, 6.45) is 1.36. The summed E-state index contributed by atoms with van der Waals surface area (Å²) >= 11 is 5.85. The lowest BCUT2D eigenvalue weighted by Crippen LogP contribution is -2.33. The van der Waals surface area contributed by atoms with E-state index in [4.69, 9.17) is 16.3 Å². The Morgan fingerprint density at radius 3 is 2.31 bits per heavy atom. The first kappa shape index (κ1) is 22.5. The van der Waals surface area contributed by atoms with Gasteiger partial charge in [0.15, 0.2) is 0 Å². The van der Waals surface area contributed by atoms with Gasteiger partial charge in [-0.05, 0) is 48.5 Å². The highest BCUT2D eigenvalue weighted by molar-refractivity contribution is 6.40. The molecule has 0 heterocycles. The number of ether oxygens (including phenoxy) is 1. The van der Waals surface area contributed by atoms with Gasteiger partial charge in [0.1, 0.15) is 5.75 Å². The van der Waals surface area contributed by atoms with Crippen LogP contribution >= 0.6 is 11.6 Å². The van der Waals surface area contributed by atoms with Crippen molar-refractivity contribution in [1.29, 1.82) is 0 Å². The van der Waals surface area contributed by atoms with Crippen LogP contribution in [0.3, 0.4) is 0 Å². The number of hydrogen-bond acceptors (Lipinski definition) is 5. The fraction of sp³-hybridized carbons (Fsp3) is 0.0435. The Labute approximate surface area is 189 Å². The topological polar surface area (TPSA) is 109 Å². The van der Waals surface area contributed by atoms with Gasteiger partial charge in [0.25, 0.3) is 5.91 Å². The molecule has 3 aromatic rings. The summed E-state index contributed by atoms with van der Waals surface area (Å²) < 4.78 is 5.19. The van der Waals surface area contributed by atoms with Crippen LogP contribution in [-0.2, 0) is 9.59 Å². The standard InChI is InChI=1S/C23H19ClN4O4/c1-32-20-9-5-2-6-15(20)14-25-28-23(31)22(30)27-19-8-4-3-7-18(19)21(29)26-17-12-10-16(24)11-13-17/h2-14H,1H3,(H,26,29)(H,27,30)(H,28,31)/b25-14-. The SMILES string of the molecule is COc1ccccc1/C=N\NC(=O)C(=O)Nc1ccccc1C(=O)Nc1ccc(Cl)cc1. The van der Waals surface area contributed by atoms with Crippen molar-refractivity contribution in [2.24, 2.45) is 5.10 Å². The summed E-state index contributed by atoms with van der Waals surface area (Å²) in [5.41, 5.74) is 3.66. The molecule has 0 aromatic heterocycles. The van der Waals surface area contributed by atoms with Gasteiger partial charge in [0.05, 0.1) is 24.6 Å². The number of methoxy groups -OCH3 is 1. The lowest BCUT2D eigenvalue weighted by molar-refractivity contribution is -0.136. The summed E-state index contributed by atoms with van der Waals surface area (Å²) in [7, 11) is 1.51. The third-order valence-electron chi connectivity index (χ3n) is 4.24. The maximum atomic E-state index is 12.6. The molecule has 0 bridgehead atoms. The highest BCUT2D eigenvalue weighted by Gasteiger charge is 2.17. The van der Waals surface area contributed by atoms with Crippen molar-refractivity contribution in [1.82, 2.24) is 5.43 Å². The van der Waals surface area contributed by atoms with E-state index in [1.165, 1.54) is 25.5 Å². The number of nitrogens with one attached hydrogen (secondary N) is 3. The highest BCUT2D eigenvalue weighted by atomic mass is 35.5. The van der Waals surface area contributed by atoms with Crippen LogP contribution in [0, 0.1) is 0 Å². The molecule has 0 aliphatic carbocycles. The van der Waals surface area contributed by atoms with Crippen LogP contribution in [0.15, 0.2) is 77.9 Å². The monoisotopic (exact) mass is 450 g/mol. The lowest BCUT2D eigenvalue weighted by Gasteiger charge is -2.11. The Morgan fingerprint density at radius 1 is 0.875 bits per heavy atom.